The van der Waals surface area contributed by atoms with Gasteiger partial charge in [0.05, 0.1) is 11.4 Å². The van der Waals surface area contributed by atoms with Gasteiger partial charge in [-0.15, -0.1) is 4.91 Å². The summed E-state index contributed by atoms with van der Waals surface area (Å²) in [6.07, 6.45) is 0. The maximum absolute atomic E-state index is 11.3. The Balaban J connectivity index is 2.25. The Morgan fingerprint density at radius 3 is 2.57 bits per heavy atom. The molecule has 0 radical (unpaired) electrons. The summed E-state index contributed by atoms with van der Waals surface area (Å²) in [5, 5.41) is 6.69. The largest absolute Gasteiger partial charge is 0.353 e. The van der Waals surface area contributed by atoms with Crippen LogP contribution >= 0.6 is 0 Å². The van der Waals surface area contributed by atoms with Gasteiger partial charge in [0.15, 0.2) is 0 Å². The lowest BCUT2D eigenvalue weighted by atomic mass is 10.1. The van der Waals surface area contributed by atoms with E-state index >= 15 is 0 Å². The normalized spacial score (nSPS) is 10.5. The van der Waals surface area contributed by atoms with Gasteiger partial charge < -0.3 is 10.3 Å². The number of amides is 1. The fraction of sp³-hybridized carbons (Fsp3) is 0.0625. The van der Waals surface area contributed by atoms with Crippen LogP contribution in [0.25, 0.3) is 22.2 Å². The van der Waals surface area contributed by atoms with Crippen LogP contribution in [0.2, 0.25) is 0 Å². The number of carbonyl (C=O) groups excluding carboxylic acids is 1. The van der Waals surface area contributed by atoms with Crippen molar-refractivity contribution in [2.75, 3.05) is 5.32 Å². The highest BCUT2D eigenvalue weighted by Crippen LogP contribution is 2.39. The Labute approximate surface area is 121 Å². The van der Waals surface area contributed by atoms with Gasteiger partial charge in [-0.05, 0) is 17.3 Å². The molecule has 0 fully saturated rings. The number of para-hydroxylation sites is 2. The van der Waals surface area contributed by atoms with E-state index in [0.717, 1.165) is 16.5 Å². The van der Waals surface area contributed by atoms with Crippen molar-refractivity contribution >= 4 is 28.2 Å². The van der Waals surface area contributed by atoms with E-state index in [0.29, 0.717) is 17.1 Å². The summed E-state index contributed by atoms with van der Waals surface area (Å²) in [6, 6.07) is 14.8. The molecule has 0 bridgehead atoms. The van der Waals surface area contributed by atoms with Crippen molar-refractivity contribution in [1.82, 2.24) is 4.98 Å². The van der Waals surface area contributed by atoms with Crippen LogP contribution in [0.3, 0.4) is 0 Å². The van der Waals surface area contributed by atoms with E-state index in [2.05, 4.69) is 15.5 Å². The average Bonchev–Trinajstić information content (AvgIpc) is 2.85. The SMILES string of the molecule is CC(=O)Nc1ccccc1-c1[nH]c2ccccc2c1N=O. The van der Waals surface area contributed by atoms with Gasteiger partial charge >= 0.3 is 0 Å². The van der Waals surface area contributed by atoms with Crippen molar-refractivity contribution in [1.29, 1.82) is 0 Å². The van der Waals surface area contributed by atoms with Gasteiger partial charge in [-0.25, -0.2) is 0 Å². The predicted molar refractivity (Wildman–Crippen MR) is 83.5 cm³/mol. The first-order valence-electron chi connectivity index (χ1n) is 6.52. The first-order valence-corrected chi connectivity index (χ1v) is 6.52. The summed E-state index contributed by atoms with van der Waals surface area (Å²) in [6.45, 7) is 1.45. The molecular weight excluding hydrogens is 266 g/mol. The van der Waals surface area contributed by atoms with Crippen LogP contribution in [0, 0.1) is 4.91 Å². The zero-order valence-electron chi connectivity index (χ0n) is 11.4. The van der Waals surface area contributed by atoms with Crippen LogP contribution in [-0.4, -0.2) is 10.9 Å². The molecule has 3 rings (SSSR count). The predicted octanol–water partition coefficient (Wildman–Crippen LogP) is 4.19. The monoisotopic (exact) mass is 279 g/mol. The second-order valence-corrected chi connectivity index (χ2v) is 4.71. The molecule has 0 aliphatic heterocycles. The Bertz CT molecular complexity index is 836. The van der Waals surface area contributed by atoms with E-state index in [-0.39, 0.29) is 5.91 Å². The minimum absolute atomic E-state index is 0.167. The molecule has 2 N–H and O–H groups in total. The van der Waals surface area contributed by atoms with Crippen LogP contribution in [0.4, 0.5) is 11.4 Å². The molecule has 1 heterocycles. The molecule has 0 aliphatic carbocycles. The van der Waals surface area contributed by atoms with Crippen LogP contribution in [0.15, 0.2) is 53.7 Å². The van der Waals surface area contributed by atoms with Crippen molar-refractivity contribution < 1.29 is 4.79 Å². The van der Waals surface area contributed by atoms with E-state index in [1.807, 2.05) is 42.5 Å². The van der Waals surface area contributed by atoms with Gasteiger partial charge in [-0.2, -0.15) is 0 Å². The average molecular weight is 279 g/mol. The lowest BCUT2D eigenvalue weighted by molar-refractivity contribution is -0.114. The zero-order valence-corrected chi connectivity index (χ0v) is 11.4. The number of rotatable bonds is 3. The molecule has 104 valence electrons. The Hall–Kier alpha value is -2.95. The number of anilines is 1. The van der Waals surface area contributed by atoms with Crippen LogP contribution in [0.1, 0.15) is 6.92 Å². The molecule has 21 heavy (non-hydrogen) atoms. The summed E-state index contributed by atoms with van der Waals surface area (Å²) in [4.78, 5) is 25.8. The molecule has 0 saturated heterocycles. The summed E-state index contributed by atoms with van der Waals surface area (Å²) >= 11 is 0. The van der Waals surface area contributed by atoms with Crippen LogP contribution in [0.5, 0.6) is 0 Å². The maximum atomic E-state index is 11.3. The second-order valence-electron chi connectivity index (χ2n) is 4.71. The number of nitrogens with one attached hydrogen (secondary N) is 2. The number of fused-ring (bicyclic) bond motifs is 1. The Morgan fingerprint density at radius 1 is 1.10 bits per heavy atom. The highest BCUT2D eigenvalue weighted by Gasteiger charge is 2.16. The van der Waals surface area contributed by atoms with Gasteiger partial charge in [0.25, 0.3) is 0 Å². The first-order chi connectivity index (χ1) is 10.2. The maximum Gasteiger partial charge on any atom is 0.221 e. The van der Waals surface area contributed by atoms with Gasteiger partial charge in [-0.3, -0.25) is 4.79 Å². The summed E-state index contributed by atoms with van der Waals surface area (Å²) in [7, 11) is 0. The minimum atomic E-state index is -0.167. The number of carbonyl (C=O) groups is 1. The van der Waals surface area contributed by atoms with Crippen molar-refractivity contribution in [3.8, 4) is 11.3 Å². The number of hydrogen-bond donors (Lipinski definition) is 2. The smallest absolute Gasteiger partial charge is 0.221 e. The van der Waals surface area contributed by atoms with Crippen molar-refractivity contribution in [2.24, 2.45) is 5.18 Å². The van der Waals surface area contributed by atoms with Gasteiger partial charge in [0.2, 0.25) is 5.91 Å². The fourth-order valence-corrected chi connectivity index (χ4v) is 2.42. The van der Waals surface area contributed by atoms with Crippen molar-refractivity contribution in [3.05, 3.63) is 53.4 Å². The zero-order chi connectivity index (χ0) is 14.8. The van der Waals surface area contributed by atoms with Gasteiger partial charge in [0, 0.05) is 23.4 Å². The molecule has 0 unspecified atom stereocenters. The standard InChI is InChI=1S/C16H13N3O2/c1-10(20)17-13-8-4-2-6-11(13)15-16(19-21)12-7-3-5-9-14(12)18-15/h2-9,18H,1H3,(H,17,20). The first kappa shape index (κ1) is 13.1. The molecule has 2 aromatic carbocycles. The van der Waals surface area contributed by atoms with E-state index in [1.165, 1.54) is 6.92 Å². The van der Waals surface area contributed by atoms with E-state index in [4.69, 9.17) is 0 Å². The third kappa shape index (κ3) is 2.29. The molecule has 5 heteroatoms. The quantitative estimate of drug-likeness (QED) is 0.705. The van der Waals surface area contributed by atoms with E-state index in [9.17, 15) is 9.70 Å². The lowest BCUT2D eigenvalue weighted by Crippen LogP contribution is -2.06. The van der Waals surface area contributed by atoms with Crippen molar-refractivity contribution in [2.45, 2.75) is 6.92 Å². The number of benzene rings is 2. The van der Waals surface area contributed by atoms with Crippen LogP contribution < -0.4 is 5.32 Å². The topological polar surface area (TPSA) is 74.3 Å². The number of nitroso groups, excluding NO2 is 1. The Morgan fingerprint density at radius 2 is 1.81 bits per heavy atom. The third-order valence-electron chi connectivity index (χ3n) is 3.28. The molecular formula is C16H13N3O2. The van der Waals surface area contributed by atoms with Crippen LogP contribution in [-0.2, 0) is 4.79 Å². The summed E-state index contributed by atoms with van der Waals surface area (Å²) < 4.78 is 0. The highest BCUT2D eigenvalue weighted by atomic mass is 16.3. The molecule has 0 atom stereocenters. The van der Waals surface area contributed by atoms with Crippen molar-refractivity contribution in [3.63, 3.8) is 0 Å². The number of aromatic nitrogens is 1. The summed E-state index contributed by atoms with van der Waals surface area (Å²) in [5.74, 6) is -0.167. The van der Waals surface area contributed by atoms with E-state index in [1.54, 1.807) is 6.07 Å². The lowest BCUT2D eigenvalue weighted by Gasteiger charge is -2.08. The molecule has 0 spiro atoms. The van der Waals surface area contributed by atoms with Gasteiger partial charge in [0.1, 0.15) is 5.69 Å². The molecule has 1 amide bonds. The number of H-pyrrole nitrogens is 1. The third-order valence-corrected chi connectivity index (χ3v) is 3.28. The number of nitrogens with zero attached hydrogens (tertiary/aromatic N) is 1. The van der Waals surface area contributed by atoms with Gasteiger partial charge in [-0.1, -0.05) is 36.4 Å². The molecule has 5 nitrogen and oxygen atoms in total. The molecule has 0 saturated carbocycles. The Kier molecular flexibility index (Phi) is 3.23. The second kappa shape index (κ2) is 5.20. The van der Waals surface area contributed by atoms with E-state index < -0.39 is 0 Å². The molecule has 0 aliphatic rings. The number of aromatic amines is 1. The fourth-order valence-electron chi connectivity index (χ4n) is 2.42. The molecule has 3 aromatic rings. The molecule has 1 aromatic heterocycles. The summed E-state index contributed by atoms with van der Waals surface area (Å²) in [5.41, 5.74) is 3.17. The highest BCUT2D eigenvalue weighted by molar-refractivity contribution is 6.03. The number of hydrogen-bond acceptors (Lipinski definition) is 3. The minimum Gasteiger partial charge on any atom is -0.353 e.